The number of hydrogen-bond donors (Lipinski definition) is 1. The summed E-state index contributed by atoms with van der Waals surface area (Å²) in [6, 6.07) is 0. The number of allylic oxidation sites excluding steroid dienone is 4. The van der Waals surface area contributed by atoms with Crippen LogP contribution in [0.1, 0.15) is 65.2 Å². The van der Waals surface area contributed by atoms with Crippen LogP contribution in [0.4, 0.5) is 0 Å². The molecule has 0 bridgehead atoms. The Morgan fingerprint density at radius 3 is 2.77 bits per heavy atom. The zero-order valence-electron chi connectivity index (χ0n) is 13.9. The highest BCUT2D eigenvalue weighted by molar-refractivity contribution is 5.93. The molecule has 0 aromatic rings. The van der Waals surface area contributed by atoms with Gasteiger partial charge in [-0.15, -0.1) is 0 Å². The topological polar surface area (TPSA) is 37.3 Å². The van der Waals surface area contributed by atoms with E-state index in [-0.39, 0.29) is 6.10 Å². The van der Waals surface area contributed by atoms with E-state index >= 15 is 0 Å². The third-order valence-electron chi connectivity index (χ3n) is 7.39. The zero-order valence-corrected chi connectivity index (χ0v) is 13.9. The Morgan fingerprint density at radius 2 is 2.00 bits per heavy atom. The number of carbonyl (C=O) groups is 1. The Balaban J connectivity index is 1.70. The number of ketones is 1. The second-order valence-corrected chi connectivity index (χ2v) is 8.32. The molecule has 2 nitrogen and oxygen atoms in total. The third kappa shape index (κ3) is 1.99. The fraction of sp³-hybridized carbons (Fsp3) is 0.750. The largest absolute Gasteiger partial charge is 0.393 e. The Labute approximate surface area is 133 Å². The second-order valence-electron chi connectivity index (χ2n) is 8.32. The summed E-state index contributed by atoms with van der Waals surface area (Å²) in [5, 5.41) is 10.2. The Bertz CT molecular complexity index is 568. The average Bonchev–Trinajstić information content (AvgIpc) is 2.84. The molecule has 0 unspecified atom stereocenters. The summed E-state index contributed by atoms with van der Waals surface area (Å²) in [4.78, 5) is 11.7. The van der Waals surface area contributed by atoms with Gasteiger partial charge in [-0.05, 0) is 92.3 Å². The number of aliphatic hydroxyl groups excluding tert-OH is 1. The quantitative estimate of drug-likeness (QED) is 0.788. The molecule has 4 aliphatic rings. The van der Waals surface area contributed by atoms with Crippen molar-refractivity contribution in [2.24, 2.45) is 23.2 Å². The van der Waals surface area contributed by atoms with Gasteiger partial charge in [-0.3, -0.25) is 4.79 Å². The Hall–Kier alpha value is -0.890. The van der Waals surface area contributed by atoms with E-state index < -0.39 is 0 Å². The van der Waals surface area contributed by atoms with Crippen molar-refractivity contribution in [1.82, 2.24) is 0 Å². The lowest BCUT2D eigenvalue weighted by Gasteiger charge is -2.49. The van der Waals surface area contributed by atoms with Gasteiger partial charge in [-0.2, -0.15) is 0 Å². The predicted octanol–water partition coefficient (Wildman–Crippen LogP) is 4.19. The molecule has 120 valence electrons. The van der Waals surface area contributed by atoms with Crippen molar-refractivity contribution in [2.45, 2.75) is 71.3 Å². The van der Waals surface area contributed by atoms with Crippen LogP contribution in [0.15, 0.2) is 22.8 Å². The van der Waals surface area contributed by atoms with E-state index in [1.54, 1.807) is 11.1 Å². The summed E-state index contributed by atoms with van der Waals surface area (Å²) >= 11 is 0. The molecule has 22 heavy (non-hydrogen) atoms. The van der Waals surface area contributed by atoms with E-state index in [1.807, 2.05) is 13.0 Å². The predicted molar refractivity (Wildman–Crippen MR) is 87.3 cm³/mol. The van der Waals surface area contributed by atoms with Gasteiger partial charge in [0.1, 0.15) is 0 Å². The highest BCUT2D eigenvalue weighted by Gasteiger charge is 2.54. The van der Waals surface area contributed by atoms with Crippen LogP contribution < -0.4 is 0 Å². The highest BCUT2D eigenvalue weighted by Crippen LogP contribution is 2.62. The van der Waals surface area contributed by atoms with Gasteiger partial charge in [-0.25, -0.2) is 0 Å². The number of rotatable bonds is 1. The SMILES string of the molecule is C[C@@H](O)[C@@H]1CC[C@@H]2[C@@H]3CCC4=CC(=O)CCC4=C3CC[C@@]21C. The standard InChI is InChI=1S/C20H28O2/c1-12(21)18-7-8-19-17-5-3-13-11-14(22)4-6-15(13)16(17)9-10-20(18,19)2/h11-12,17-19,21H,3-10H2,1-2H3/t12-,17-,18+,19-,20-/m1/s1. The molecule has 0 amide bonds. The smallest absolute Gasteiger partial charge is 0.156 e. The fourth-order valence-corrected chi connectivity index (χ4v) is 6.36. The lowest BCUT2D eigenvalue weighted by Crippen LogP contribution is -2.42. The number of hydrogen-bond acceptors (Lipinski definition) is 2. The molecule has 0 aromatic heterocycles. The van der Waals surface area contributed by atoms with E-state index in [4.69, 9.17) is 0 Å². The van der Waals surface area contributed by atoms with Gasteiger partial charge in [0.2, 0.25) is 0 Å². The molecule has 4 aliphatic carbocycles. The zero-order chi connectivity index (χ0) is 15.5. The van der Waals surface area contributed by atoms with E-state index in [1.165, 1.54) is 37.7 Å². The van der Waals surface area contributed by atoms with Crippen LogP contribution in [0.25, 0.3) is 0 Å². The summed E-state index contributed by atoms with van der Waals surface area (Å²) in [6.07, 6.45) is 10.7. The van der Waals surface area contributed by atoms with Crippen LogP contribution in [0.2, 0.25) is 0 Å². The first-order valence-corrected chi connectivity index (χ1v) is 9.14. The lowest BCUT2D eigenvalue weighted by molar-refractivity contribution is -0.114. The maximum absolute atomic E-state index is 11.7. The van der Waals surface area contributed by atoms with E-state index in [9.17, 15) is 9.90 Å². The third-order valence-corrected chi connectivity index (χ3v) is 7.39. The van der Waals surface area contributed by atoms with Crippen LogP contribution in [0, 0.1) is 23.2 Å². The molecular formula is C20H28O2. The molecule has 0 heterocycles. The van der Waals surface area contributed by atoms with E-state index in [0.29, 0.717) is 23.5 Å². The van der Waals surface area contributed by atoms with Gasteiger partial charge in [0.15, 0.2) is 5.78 Å². The molecule has 0 saturated heterocycles. The molecule has 1 N–H and O–H groups in total. The summed E-state index contributed by atoms with van der Waals surface area (Å²) in [6.45, 7) is 4.43. The molecule has 5 atom stereocenters. The summed E-state index contributed by atoms with van der Waals surface area (Å²) in [5.41, 5.74) is 4.93. The number of fused-ring (bicyclic) bond motifs is 4. The normalized spacial score (nSPS) is 42.4. The van der Waals surface area contributed by atoms with Crippen molar-refractivity contribution in [1.29, 1.82) is 0 Å². The van der Waals surface area contributed by atoms with Gasteiger partial charge in [0, 0.05) is 6.42 Å². The summed E-state index contributed by atoms with van der Waals surface area (Å²) in [5.74, 6) is 2.28. The van der Waals surface area contributed by atoms with E-state index in [2.05, 4.69) is 6.92 Å². The van der Waals surface area contributed by atoms with E-state index in [0.717, 1.165) is 24.7 Å². The molecular weight excluding hydrogens is 272 g/mol. The van der Waals surface area contributed by atoms with Gasteiger partial charge >= 0.3 is 0 Å². The molecule has 2 fully saturated rings. The number of carbonyl (C=O) groups excluding carboxylic acids is 1. The molecule has 0 aliphatic heterocycles. The first-order valence-electron chi connectivity index (χ1n) is 9.14. The highest BCUT2D eigenvalue weighted by atomic mass is 16.3. The van der Waals surface area contributed by atoms with Crippen molar-refractivity contribution in [3.8, 4) is 0 Å². The number of aliphatic hydroxyl groups is 1. The second kappa shape index (κ2) is 5.06. The van der Waals surface area contributed by atoms with Crippen LogP contribution in [0.5, 0.6) is 0 Å². The van der Waals surface area contributed by atoms with Crippen LogP contribution in [-0.4, -0.2) is 17.0 Å². The van der Waals surface area contributed by atoms with Gasteiger partial charge < -0.3 is 5.11 Å². The maximum Gasteiger partial charge on any atom is 0.156 e. The Kier molecular flexibility index (Phi) is 3.38. The van der Waals surface area contributed by atoms with Gasteiger partial charge in [0.05, 0.1) is 6.10 Å². The Morgan fingerprint density at radius 1 is 1.18 bits per heavy atom. The fourth-order valence-electron chi connectivity index (χ4n) is 6.36. The molecule has 2 heteroatoms. The minimum Gasteiger partial charge on any atom is -0.393 e. The van der Waals surface area contributed by atoms with Crippen molar-refractivity contribution in [2.75, 3.05) is 0 Å². The summed E-state index contributed by atoms with van der Waals surface area (Å²) in [7, 11) is 0. The van der Waals surface area contributed by atoms with Crippen molar-refractivity contribution in [3.05, 3.63) is 22.8 Å². The molecule has 0 spiro atoms. The minimum absolute atomic E-state index is 0.171. The van der Waals surface area contributed by atoms with Gasteiger partial charge in [-0.1, -0.05) is 12.5 Å². The van der Waals surface area contributed by atoms with Crippen molar-refractivity contribution >= 4 is 5.78 Å². The molecule has 4 rings (SSSR count). The minimum atomic E-state index is -0.171. The summed E-state index contributed by atoms with van der Waals surface area (Å²) < 4.78 is 0. The molecule has 2 saturated carbocycles. The van der Waals surface area contributed by atoms with Gasteiger partial charge in [0.25, 0.3) is 0 Å². The molecule has 0 aromatic carbocycles. The van der Waals surface area contributed by atoms with Crippen molar-refractivity contribution < 1.29 is 9.90 Å². The van der Waals surface area contributed by atoms with Crippen LogP contribution in [0.3, 0.4) is 0 Å². The van der Waals surface area contributed by atoms with Crippen LogP contribution >= 0.6 is 0 Å². The van der Waals surface area contributed by atoms with Crippen LogP contribution in [-0.2, 0) is 4.79 Å². The maximum atomic E-state index is 11.7. The van der Waals surface area contributed by atoms with Crippen molar-refractivity contribution in [3.63, 3.8) is 0 Å². The first kappa shape index (κ1) is 14.7. The average molecular weight is 300 g/mol. The monoisotopic (exact) mass is 300 g/mol. The molecule has 0 radical (unpaired) electrons. The lowest BCUT2D eigenvalue weighted by atomic mass is 9.55. The first-order chi connectivity index (χ1) is 10.5.